The maximum Gasteiger partial charge on any atom is 0.335 e. The van der Waals surface area contributed by atoms with Crippen molar-refractivity contribution in [2.45, 2.75) is 0 Å². The highest BCUT2D eigenvalue weighted by molar-refractivity contribution is 7.18. The minimum atomic E-state index is -1.19. The standard InChI is InChI=1S/C28H30O10S/c29-27(30)21-15-20(16-22(17-21)28(31)32)26-4-3-25(39-26)19-1-2-23-24(18-19)38-14-12-36-10-8-34-6-5-33-7-9-35-11-13-37-23/h1-4,15-18H,5-14H2,(H,29,30)(H,31,32). The van der Waals surface area contributed by atoms with Crippen LogP contribution in [-0.4, -0.2) is 88.2 Å². The number of benzene rings is 2. The number of carbonyl (C=O) groups is 2. The summed E-state index contributed by atoms with van der Waals surface area (Å²) in [5.41, 5.74) is 1.22. The van der Waals surface area contributed by atoms with Crippen molar-refractivity contribution in [2.75, 3.05) is 66.1 Å². The molecule has 2 heterocycles. The number of hydrogen-bond donors (Lipinski definition) is 2. The first kappa shape index (κ1) is 28.5. The molecule has 11 heteroatoms. The fourth-order valence-corrected chi connectivity index (χ4v) is 4.73. The molecule has 2 aromatic carbocycles. The summed E-state index contributed by atoms with van der Waals surface area (Å²) in [5.74, 6) is -1.26. The van der Waals surface area contributed by atoms with Gasteiger partial charge >= 0.3 is 11.9 Å². The van der Waals surface area contributed by atoms with E-state index in [9.17, 15) is 19.8 Å². The van der Waals surface area contributed by atoms with Crippen molar-refractivity contribution >= 4 is 23.3 Å². The summed E-state index contributed by atoms with van der Waals surface area (Å²) in [5, 5.41) is 18.8. The van der Waals surface area contributed by atoms with Gasteiger partial charge in [-0.1, -0.05) is 0 Å². The SMILES string of the molecule is O=C(O)c1cc(C(=O)O)cc(-c2ccc(-c3ccc4c(c3)OCCOCCOCCOCCOCCO4)s2)c1. The van der Waals surface area contributed by atoms with Gasteiger partial charge in [-0.25, -0.2) is 9.59 Å². The molecule has 3 aromatic rings. The molecule has 0 aliphatic carbocycles. The Morgan fingerprint density at radius 2 is 1.00 bits per heavy atom. The van der Waals surface area contributed by atoms with Gasteiger partial charge in [0.25, 0.3) is 0 Å². The highest BCUT2D eigenvalue weighted by Gasteiger charge is 2.15. The first-order valence-electron chi connectivity index (χ1n) is 12.4. The molecule has 0 radical (unpaired) electrons. The molecule has 0 spiro atoms. The van der Waals surface area contributed by atoms with Crippen molar-refractivity contribution in [3.05, 3.63) is 59.7 Å². The number of fused-ring (bicyclic) bond motifs is 1. The number of aromatic carboxylic acids is 2. The lowest BCUT2D eigenvalue weighted by molar-refractivity contribution is -0.00841. The fourth-order valence-electron chi connectivity index (χ4n) is 3.74. The molecule has 4 rings (SSSR count). The van der Waals surface area contributed by atoms with Crippen LogP contribution in [0.15, 0.2) is 48.5 Å². The molecule has 10 nitrogen and oxygen atoms in total. The van der Waals surface area contributed by atoms with E-state index < -0.39 is 11.9 Å². The second-order valence-electron chi connectivity index (χ2n) is 8.38. The molecular weight excluding hydrogens is 528 g/mol. The molecule has 0 amide bonds. The Labute approximate surface area is 229 Å². The molecule has 0 fully saturated rings. The highest BCUT2D eigenvalue weighted by Crippen LogP contribution is 2.39. The van der Waals surface area contributed by atoms with Crippen LogP contribution in [0.5, 0.6) is 11.5 Å². The Morgan fingerprint density at radius 3 is 1.51 bits per heavy atom. The molecule has 0 atom stereocenters. The Morgan fingerprint density at radius 1 is 0.538 bits per heavy atom. The van der Waals surface area contributed by atoms with Crippen LogP contribution < -0.4 is 9.47 Å². The van der Waals surface area contributed by atoms with Crippen molar-refractivity contribution in [1.29, 1.82) is 0 Å². The normalized spacial score (nSPS) is 16.1. The summed E-state index contributed by atoms with van der Waals surface area (Å²) < 4.78 is 34.0. The van der Waals surface area contributed by atoms with Gasteiger partial charge in [0.2, 0.25) is 0 Å². The number of rotatable bonds is 4. The van der Waals surface area contributed by atoms with E-state index in [1.165, 1.54) is 23.5 Å². The smallest absolute Gasteiger partial charge is 0.335 e. The molecule has 1 aliphatic rings. The van der Waals surface area contributed by atoms with Crippen molar-refractivity contribution in [3.8, 4) is 32.4 Å². The molecule has 0 saturated carbocycles. The second kappa shape index (κ2) is 14.6. The molecule has 39 heavy (non-hydrogen) atoms. The van der Waals surface area contributed by atoms with E-state index in [1.54, 1.807) is 0 Å². The minimum Gasteiger partial charge on any atom is -0.487 e. The number of hydrogen-bond acceptors (Lipinski definition) is 9. The van der Waals surface area contributed by atoms with Crippen LogP contribution in [0.2, 0.25) is 0 Å². The van der Waals surface area contributed by atoms with Gasteiger partial charge in [-0.15, -0.1) is 11.3 Å². The number of thiophene rings is 1. The summed E-state index contributed by atoms with van der Waals surface area (Å²) in [6, 6.07) is 13.4. The summed E-state index contributed by atoms with van der Waals surface area (Å²) in [7, 11) is 0. The molecule has 1 aromatic heterocycles. The minimum absolute atomic E-state index is 0.0838. The van der Waals surface area contributed by atoms with Gasteiger partial charge in [-0.2, -0.15) is 0 Å². The summed E-state index contributed by atoms with van der Waals surface area (Å²) in [4.78, 5) is 24.7. The van der Waals surface area contributed by atoms with Gasteiger partial charge in [0.1, 0.15) is 13.2 Å². The quantitative estimate of drug-likeness (QED) is 0.478. The van der Waals surface area contributed by atoms with Crippen molar-refractivity contribution in [2.24, 2.45) is 0 Å². The van der Waals surface area contributed by atoms with Crippen LogP contribution in [-0.2, 0) is 18.9 Å². The van der Waals surface area contributed by atoms with Gasteiger partial charge in [0.05, 0.1) is 64.0 Å². The Kier molecular flexibility index (Phi) is 10.7. The first-order chi connectivity index (χ1) is 19.0. The third-order valence-electron chi connectivity index (χ3n) is 5.63. The van der Waals surface area contributed by atoms with E-state index in [0.717, 1.165) is 21.4 Å². The van der Waals surface area contributed by atoms with Gasteiger partial charge in [-0.05, 0) is 59.7 Å². The molecule has 0 bridgehead atoms. The number of carboxylic acids is 2. The average Bonchev–Trinajstić information content (AvgIpc) is 3.43. The number of carboxylic acid groups (broad SMARTS) is 2. The zero-order valence-electron chi connectivity index (χ0n) is 21.3. The molecular formula is C28H30O10S. The number of ether oxygens (including phenoxy) is 6. The van der Waals surface area contributed by atoms with Crippen LogP contribution in [0, 0.1) is 0 Å². The summed E-state index contributed by atoms with van der Waals surface area (Å²) >= 11 is 1.41. The summed E-state index contributed by atoms with van der Waals surface area (Å²) in [6.45, 7) is 4.27. The molecule has 2 N–H and O–H groups in total. The van der Waals surface area contributed by atoms with E-state index in [0.29, 0.717) is 83.1 Å². The average molecular weight is 559 g/mol. The van der Waals surface area contributed by atoms with E-state index in [1.807, 2.05) is 30.3 Å². The largest absolute Gasteiger partial charge is 0.487 e. The van der Waals surface area contributed by atoms with E-state index in [-0.39, 0.29) is 11.1 Å². The predicted molar refractivity (Wildman–Crippen MR) is 143 cm³/mol. The third-order valence-corrected chi connectivity index (χ3v) is 6.82. The third kappa shape index (κ3) is 8.50. The predicted octanol–water partition coefficient (Wildman–Crippen LogP) is 4.32. The van der Waals surface area contributed by atoms with E-state index in [2.05, 4.69) is 0 Å². The van der Waals surface area contributed by atoms with Crippen LogP contribution in [0.1, 0.15) is 20.7 Å². The lowest BCUT2D eigenvalue weighted by atomic mass is 10.0. The van der Waals surface area contributed by atoms with Gasteiger partial charge in [0.15, 0.2) is 11.5 Å². The van der Waals surface area contributed by atoms with Crippen LogP contribution in [0.3, 0.4) is 0 Å². The highest BCUT2D eigenvalue weighted by atomic mass is 32.1. The van der Waals surface area contributed by atoms with Crippen molar-refractivity contribution in [3.63, 3.8) is 0 Å². The zero-order chi connectivity index (χ0) is 27.5. The lowest BCUT2D eigenvalue weighted by Gasteiger charge is -2.15. The second-order valence-corrected chi connectivity index (χ2v) is 9.46. The van der Waals surface area contributed by atoms with Gasteiger partial charge in [0, 0.05) is 9.75 Å². The molecule has 208 valence electrons. The summed E-state index contributed by atoms with van der Waals surface area (Å²) in [6.07, 6.45) is 0. The maximum atomic E-state index is 11.5. The maximum absolute atomic E-state index is 11.5. The molecule has 0 saturated heterocycles. The van der Waals surface area contributed by atoms with E-state index in [4.69, 9.17) is 28.4 Å². The monoisotopic (exact) mass is 558 g/mol. The van der Waals surface area contributed by atoms with Gasteiger partial charge in [-0.3, -0.25) is 0 Å². The Balaban J connectivity index is 1.52. The zero-order valence-corrected chi connectivity index (χ0v) is 22.1. The van der Waals surface area contributed by atoms with Crippen molar-refractivity contribution < 1.29 is 48.2 Å². The van der Waals surface area contributed by atoms with Crippen LogP contribution in [0.4, 0.5) is 0 Å². The Bertz CT molecular complexity index is 1220. The van der Waals surface area contributed by atoms with Crippen molar-refractivity contribution in [1.82, 2.24) is 0 Å². The topological polar surface area (TPSA) is 130 Å². The molecule has 1 aliphatic heterocycles. The van der Waals surface area contributed by atoms with Gasteiger partial charge < -0.3 is 38.6 Å². The van der Waals surface area contributed by atoms with Crippen LogP contribution in [0.25, 0.3) is 20.9 Å². The fraction of sp³-hybridized carbons (Fsp3) is 0.357. The van der Waals surface area contributed by atoms with Crippen LogP contribution >= 0.6 is 11.3 Å². The molecule has 0 unspecified atom stereocenters. The first-order valence-corrected chi connectivity index (χ1v) is 13.3. The lowest BCUT2D eigenvalue weighted by Crippen LogP contribution is -2.16. The Hall–Kier alpha value is -3.48. The van der Waals surface area contributed by atoms with E-state index >= 15 is 0 Å².